The first-order valence-electron chi connectivity index (χ1n) is 24.4. The Morgan fingerprint density at radius 3 is 1.59 bits per heavy atom. The lowest BCUT2D eigenvalue weighted by Gasteiger charge is -2.34. The fourth-order valence-corrected chi connectivity index (χ4v) is 11.8. The first-order valence-corrected chi connectivity index (χ1v) is 24.4. The van der Waals surface area contributed by atoms with Crippen molar-refractivity contribution in [2.45, 2.75) is 57.8 Å². The molecule has 2 nitrogen and oxygen atoms in total. The van der Waals surface area contributed by atoms with Crippen LogP contribution in [0.5, 0.6) is 0 Å². The second-order valence-electron chi connectivity index (χ2n) is 21.3. The van der Waals surface area contributed by atoms with E-state index in [1.54, 1.807) is 0 Å². The summed E-state index contributed by atoms with van der Waals surface area (Å²) in [4.78, 5) is 2.51. The third-order valence-corrected chi connectivity index (χ3v) is 15.2. The number of furan rings is 1. The van der Waals surface area contributed by atoms with E-state index in [0.29, 0.717) is 0 Å². The standard InChI is InChI=1S/C67H53NO/c1-65(2,3)44-30-34-50-51-35-31-45(66(4,5)6)39-59(51)67(58(50)38-44)57-27-13-10-22-49(57)52-36-32-47(41-60(52)67)68(46-33-37-63-56(40-46)54-24-12-15-29-62(54)69-63)61-28-14-11-23-53(61)55-26-17-21-43-20-16-25-48(64(43)55)42-18-8-7-9-19-42/h7-41H,1-6H3. The first-order chi connectivity index (χ1) is 33.5. The SMILES string of the molecule is CC(C)(C)c1ccc2c(c1)C1(c3ccccc3-c3ccc(N(c4ccc5oc6ccccc6c5c4)c4ccccc4-c4cccc5cccc(-c6ccccc6)c45)cc31)c1cc(C(C)(C)C)ccc1-2. The third-order valence-electron chi connectivity index (χ3n) is 15.2. The molecule has 2 heteroatoms. The van der Waals surface area contributed by atoms with E-state index in [9.17, 15) is 0 Å². The molecule has 0 N–H and O–H groups in total. The maximum absolute atomic E-state index is 6.47. The van der Waals surface area contributed by atoms with E-state index in [1.165, 1.54) is 83.1 Å². The summed E-state index contributed by atoms with van der Waals surface area (Å²) < 4.78 is 6.47. The second-order valence-corrected chi connectivity index (χ2v) is 21.3. The van der Waals surface area contributed by atoms with Crippen molar-refractivity contribution in [1.82, 2.24) is 0 Å². The molecule has 0 fully saturated rings. The summed E-state index contributed by atoms with van der Waals surface area (Å²) in [6, 6.07) is 79.5. The van der Waals surface area contributed by atoms with Crippen molar-refractivity contribution in [3.63, 3.8) is 0 Å². The van der Waals surface area contributed by atoms with E-state index in [-0.39, 0.29) is 10.8 Å². The van der Waals surface area contributed by atoms with Gasteiger partial charge in [-0.1, -0.05) is 211 Å². The first kappa shape index (κ1) is 41.3. The molecule has 2 aliphatic carbocycles. The van der Waals surface area contributed by atoms with Crippen molar-refractivity contribution >= 4 is 49.8 Å². The average Bonchev–Trinajstić information content (AvgIpc) is 3.99. The van der Waals surface area contributed by atoms with Crippen LogP contribution in [0.3, 0.4) is 0 Å². The minimum Gasteiger partial charge on any atom is -0.456 e. The van der Waals surface area contributed by atoms with E-state index < -0.39 is 5.41 Å². The van der Waals surface area contributed by atoms with Gasteiger partial charge in [-0.25, -0.2) is 0 Å². The Morgan fingerprint density at radius 1 is 0.362 bits per heavy atom. The molecule has 13 rings (SSSR count). The summed E-state index contributed by atoms with van der Waals surface area (Å²) in [7, 11) is 0. The van der Waals surface area contributed by atoms with Crippen LogP contribution in [0.25, 0.3) is 77.2 Å². The van der Waals surface area contributed by atoms with Crippen LogP contribution in [-0.2, 0) is 16.2 Å². The largest absolute Gasteiger partial charge is 0.456 e. The van der Waals surface area contributed by atoms with Gasteiger partial charge in [0.2, 0.25) is 0 Å². The van der Waals surface area contributed by atoms with Crippen LogP contribution < -0.4 is 4.90 Å². The lowest BCUT2D eigenvalue weighted by Crippen LogP contribution is -2.27. The fraction of sp³-hybridized carbons (Fsp3) is 0.134. The highest BCUT2D eigenvalue weighted by molar-refractivity contribution is 6.10. The number of para-hydroxylation sites is 2. The van der Waals surface area contributed by atoms with Gasteiger partial charge in [0, 0.05) is 27.7 Å². The summed E-state index contributed by atoms with van der Waals surface area (Å²) in [6.45, 7) is 14.0. The zero-order chi connectivity index (χ0) is 46.8. The molecule has 69 heavy (non-hydrogen) atoms. The molecule has 1 aromatic heterocycles. The summed E-state index contributed by atoms with van der Waals surface area (Å²) in [5.41, 5.74) is 22.4. The minimum atomic E-state index is -0.550. The van der Waals surface area contributed by atoms with Gasteiger partial charge in [0.05, 0.1) is 11.1 Å². The van der Waals surface area contributed by atoms with E-state index >= 15 is 0 Å². The number of benzene rings is 10. The van der Waals surface area contributed by atoms with Crippen LogP contribution in [0.1, 0.15) is 74.9 Å². The lowest BCUT2D eigenvalue weighted by molar-refractivity contribution is 0.586. The van der Waals surface area contributed by atoms with Gasteiger partial charge in [0.15, 0.2) is 0 Å². The van der Waals surface area contributed by atoms with Crippen LogP contribution in [-0.4, -0.2) is 0 Å². The van der Waals surface area contributed by atoms with Gasteiger partial charge >= 0.3 is 0 Å². The molecule has 0 radical (unpaired) electrons. The van der Waals surface area contributed by atoms with Crippen LogP contribution in [0.15, 0.2) is 217 Å². The summed E-state index contributed by atoms with van der Waals surface area (Å²) in [6.07, 6.45) is 0. The molecule has 0 atom stereocenters. The molecule has 11 aromatic rings. The lowest BCUT2D eigenvalue weighted by atomic mass is 9.68. The molecule has 0 unspecified atom stereocenters. The van der Waals surface area contributed by atoms with Crippen molar-refractivity contribution in [3.05, 3.63) is 246 Å². The summed E-state index contributed by atoms with van der Waals surface area (Å²) >= 11 is 0. The van der Waals surface area contributed by atoms with Gasteiger partial charge < -0.3 is 9.32 Å². The zero-order valence-electron chi connectivity index (χ0n) is 40.1. The van der Waals surface area contributed by atoms with Gasteiger partial charge in [-0.2, -0.15) is 0 Å². The van der Waals surface area contributed by atoms with Gasteiger partial charge in [-0.05, 0) is 136 Å². The Hall–Kier alpha value is -7.94. The molecule has 0 aliphatic heterocycles. The smallest absolute Gasteiger partial charge is 0.135 e. The Kier molecular flexibility index (Phi) is 8.99. The van der Waals surface area contributed by atoms with Gasteiger partial charge in [0.25, 0.3) is 0 Å². The van der Waals surface area contributed by atoms with Crippen molar-refractivity contribution in [2.75, 3.05) is 4.90 Å². The monoisotopic (exact) mass is 887 g/mol. The maximum atomic E-state index is 6.47. The molecule has 2 aliphatic rings. The van der Waals surface area contributed by atoms with Gasteiger partial charge in [-0.15, -0.1) is 0 Å². The molecule has 0 saturated carbocycles. The van der Waals surface area contributed by atoms with Crippen molar-refractivity contribution in [3.8, 4) is 44.5 Å². The molecule has 0 saturated heterocycles. The number of hydrogen-bond acceptors (Lipinski definition) is 2. The van der Waals surface area contributed by atoms with Crippen LogP contribution in [0.4, 0.5) is 17.1 Å². The molecule has 1 heterocycles. The zero-order valence-corrected chi connectivity index (χ0v) is 40.1. The normalized spacial score (nSPS) is 13.5. The minimum absolute atomic E-state index is 0.0389. The highest BCUT2D eigenvalue weighted by atomic mass is 16.3. The summed E-state index contributed by atoms with van der Waals surface area (Å²) in [5.74, 6) is 0. The van der Waals surface area contributed by atoms with Crippen molar-refractivity contribution < 1.29 is 4.42 Å². The quantitative estimate of drug-likeness (QED) is 0.171. The molecule has 0 amide bonds. The fourth-order valence-electron chi connectivity index (χ4n) is 11.8. The van der Waals surface area contributed by atoms with Crippen LogP contribution in [0.2, 0.25) is 0 Å². The van der Waals surface area contributed by atoms with E-state index in [4.69, 9.17) is 4.42 Å². The molecule has 10 aromatic carbocycles. The molecule has 1 spiro atoms. The van der Waals surface area contributed by atoms with E-state index in [0.717, 1.165) is 44.6 Å². The van der Waals surface area contributed by atoms with Crippen LogP contribution in [0, 0.1) is 0 Å². The number of fused-ring (bicyclic) bond motifs is 14. The van der Waals surface area contributed by atoms with Crippen molar-refractivity contribution in [2.24, 2.45) is 0 Å². The number of hydrogen-bond donors (Lipinski definition) is 0. The molecular weight excluding hydrogens is 835 g/mol. The maximum Gasteiger partial charge on any atom is 0.135 e. The second kappa shape index (κ2) is 15.0. The van der Waals surface area contributed by atoms with E-state index in [2.05, 4.69) is 259 Å². The Bertz CT molecular complexity index is 3800. The number of nitrogens with zero attached hydrogens (tertiary/aromatic N) is 1. The Morgan fingerprint density at radius 2 is 0.884 bits per heavy atom. The summed E-state index contributed by atoms with van der Waals surface area (Å²) in [5, 5.41) is 4.65. The highest BCUT2D eigenvalue weighted by Gasteiger charge is 2.52. The third kappa shape index (κ3) is 6.18. The highest BCUT2D eigenvalue weighted by Crippen LogP contribution is 2.64. The number of anilines is 3. The Labute approximate surface area is 405 Å². The average molecular weight is 888 g/mol. The predicted octanol–water partition coefficient (Wildman–Crippen LogP) is 18.5. The van der Waals surface area contributed by atoms with Gasteiger partial charge in [0.1, 0.15) is 11.2 Å². The molecule has 332 valence electrons. The van der Waals surface area contributed by atoms with Gasteiger partial charge in [-0.3, -0.25) is 0 Å². The van der Waals surface area contributed by atoms with E-state index in [1.807, 2.05) is 0 Å². The molecular formula is C67H53NO. The van der Waals surface area contributed by atoms with Crippen molar-refractivity contribution in [1.29, 1.82) is 0 Å². The topological polar surface area (TPSA) is 16.4 Å². The molecule has 0 bridgehead atoms. The predicted molar refractivity (Wildman–Crippen MR) is 290 cm³/mol. The van der Waals surface area contributed by atoms with Crippen LogP contribution >= 0.6 is 0 Å². The Balaban J connectivity index is 1.12. The number of rotatable bonds is 5.